The van der Waals surface area contributed by atoms with Crippen molar-refractivity contribution in [2.24, 2.45) is 0 Å². The first-order valence-electron chi connectivity index (χ1n) is 6.73. The maximum Gasteiger partial charge on any atom is 0.337 e. The van der Waals surface area contributed by atoms with Gasteiger partial charge >= 0.3 is 5.97 Å². The monoisotopic (exact) mass is 279 g/mol. The van der Waals surface area contributed by atoms with Crippen LogP contribution in [0.2, 0.25) is 0 Å². The number of aryl methyl sites for hydroxylation is 1. The van der Waals surface area contributed by atoms with Crippen LogP contribution in [-0.4, -0.2) is 35.7 Å². The average Bonchev–Trinajstić information content (AvgIpc) is 2.63. The van der Waals surface area contributed by atoms with Crippen molar-refractivity contribution in [2.75, 3.05) is 24.2 Å². The molecule has 0 radical (unpaired) electrons. The Morgan fingerprint density at radius 2 is 2.16 bits per heavy atom. The zero-order chi connectivity index (χ0) is 13.8. The number of nitrogens with zero attached hydrogens (tertiary/aromatic N) is 1. The Hall–Kier alpha value is -1.16. The van der Waals surface area contributed by atoms with Gasteiger partial charge in [0.15, 0.2) is 0 Å². The number of carboxylic acid groups (broad SMARTS) is 1. The molecule has 1 saturated heterocycles. The number of carbonyl (C=O) groups is 1. The summed E-state index contributed by atoms with van der Waals surface area (Å²) in [6.07, 6.45) is 5.66. The smallest absolute Gasteiger partial charge is 0.337 e. The summed E-state index contributed by atoms with van der Waals surface area (Å²) < 4.78 is 0. The lowest BCUT2D eigenvalue weighted by Gasteiger charge is -2.25. The van der Waals surface area contributed by atoms with Crippen molar-refractivity contribution < 1.29 is 9.90 Å². The SMILES string of the molecule is CSC1CCCN(c2cc(C)ccc2C(=O)O)CC1. The molecule has 0 aliphatic carbocycles. The summed E-state index contributed by atoms with van der Waals surface area (Å²) in [6.45, 7) is 3.92. The summed E-state index contributed by atoms with van der Waals surface area (Å²) in [7, 11) is 0. The minimum Gasteiger partial charge on any atom is -0.478 e. The van der Waals surface area contributed by atoms with Crippen LogP contribution in [0.3, 0.4) is 0 Å². The molecule has 0 aromatic heterocycles. The molecule has 1 aliphatic rings. The minimum absolute atomic E-state index is 0.424. The molecule has 1 aromatic carbocycles. The van der Waals surface area contributed by atoms with E-state index in [0.29, 0.717) is 10.8 Å². The molecule has 1 heterocycles. The van der Waals surface area contributed by atoms with E-state index in [0.717, 1.165) is 37.2 Å². The van der Waals surface area contributed by atoms with Crippen molar-refractivity contribution in [2.45, 2.75) is 31.4 Å². The van der Waals surface area contributed by atoms with Gasteiger partial charge in [0, 0.05) is 18.3 Å². The second-order valence-corrected chi connectivity index (χ2v) is 6.24. The highest BCUT2D eigenvalue weighted by molar-refractivity contribution is 7.99. The van der Waals surface area contributed by atoms with E-state index in [4.69, 9.17) is 0 Å². The Morgan fingerprint density at radius 1 is 1.37 bits per heavy atom. The van der Waals surface area contributed by atoms with E-state index < -0.39 is 5.97 Å². The molecular weight excluding hydrogens is 258 g/mol. The van der Waals surface area contributed by atoms with Gasteiger partial charge in [-0.2, -0.15) is 11.8 Å². The first kappa shape index (κ1) is 14.3. The third kappa shape index (κ3) is 3.44. The lowest BCUT2D eigenvalue weighted by atomic mass is 10.1. The van der Waals surface area contributed by atoms with Crippen LogP contribution in [0.25, 0.3) is 0 Å². The van der Waals surface area contributed by atoms with E-state index >= 15 is 0 Å². The summed E-state index contributed by atoms with van der Waals surface area (Å²) in [5.41, 5.74) is 2.42. The van der Waals surface area contributed by atoms with E-state index in [1.807, 2.05) is 30.8 Å². The molecular formula is C15H21NO2S. The molecule has 1 aromatic rings. The van der Waals surface area contributed by atoms with Gasteiger partial charge in [-0.3, -0.25) is 0 Å². The van der Waals surface area contributed by atoms with Gasteiger partial charge < -0.3 is 10.0 Å². The predicted octanol–water partition coefficient (Wildman–Crippen LogP) is 3.42. The summed E-state index contributed by atoms with van der Waals surface area (Å²) in [6, 6.07) is 5.60. The van der Waals surface area contributed by atoms with Gasteiger partial charge in [-0.15, -0.1) is 0 Å². The highest BCUT2D eigenvalue weighted by atomic mass is 32.2. The van der Waals surface area contributed by atoms with Crippen molar-refractivity contribution in [1.29, 1.82) is 0 Å². The molecule has 2 rings (SSSR count). The van der Waals surface area contributed by atoms with Gasteiger partial charge in [0.2, 0.25) is 0 Å². The maximum atomic E-state index is 11.4. The quantitative estimate of drug-likeness (QED) is 0.920. The molecule has 19 heavy (non-hydrogen) atoms. The second-order valence-electron chi connectivity index (χ2n) is 5.10. The molecule has 1 unspecified atom stereocenters. The lowest BCUT2D eigenvalue weighted by molar-refractivity contribution is 0.0697. The number of rotatable bonds is 3. The first-order valence-corrected chi connectivity index (χ1v) is 8.02. The molecule has 0 amide bonds. The van der Waals surface area contributed by atoms with Gasteiger partial charge in [-0.05, 0) is 50.1 Å². The normalized spacial score (nSPS) is 20.1. The number of hydrogen-bond donors (Lipinski definition) is 1. The van der Waals surface area contributed by atoms with E-state index in [1.165, 1.54) is 6.42 Å². The summed E-state index contributed by atoms with van der Waals surface area (Å²) >= 11 is 1.93. The molecule has 4 heteroatoms. The fraction of sp³-hybridized carbons (Fsp3) is 0.533. The zero-order valence-electron chi connectivity index (χ0n) is 11.6. The van der Waals surface area contributed by atoms with Crippen LogP contribution in [-0.2, 0) is 0 Å². The maximum absolute atomic E-state index is 11.4. The number of anilines is 1. The molecule has 0 bridgehead atoms. The standard InChI is InChI=1S/C15H21NO2S/c1-11-5-6-13(15(17)18)14(10-11)16-8-3-4-12(19-2)7-9-16/h5-6,10,12H,3-4,7-9H2,1-2H3,(H,17,18). The highest BCUT2D eigenvalue weighted by Crippen LogP contribution is 2.28. The molecule has 3 nitrogen and oxygen atoms in total. The predicted molar refractivity (Wildman–Crippen MR) is 81.5 cm³/mol. The Labute approximate surface area is 119 Å². The molecule has 0 saturated carbocycles. The van der Waals surface area contributed by atoms with Crippen LogP contribution in [0.1, 0.15) is 35.2 Å². The van der Waals surface area contributed by atoms with Crippen molar-refractivity contribution in [3.8, 4) is 0 Å². The largest absolute Gasteiger partial charge is 0.478 e. The van der Waals surface area contributed by atoms with Gasteiger partial charge in [-0.25, -0.2) is 4.79 Å². The Morgan fingerprint density at radius 3 is 2.84 bits per heavy atom. The number of carboxylic acids is 1. The fourth-order valence-corrected chi connectivity index (χ4v) is 3.37. The molecule has 104 valence electrons. The second kappa shape index (κ2) is 6.33. The third-order valence-electron chi connectivity index (χ3n) is 3.73. The molecule has 1 fully saturated rings. The van der Waals surface area contributed by atoms with Gasteiger partial charge in [0.05, 0.1) is 11.3 Å². The number of benzene rings is 1. The lowest BCUT2D eigenvalue weighted by Crippen LogP contribution is -2.26. The van der Waals surface area contributed by atoms with Crippen molar-refractivity contribution in [3.05, 3.63) is 29.3 Å². The van der Waals surface area contributed by atoms with Crippen LogP contribution >= 0.6 is 11.8 Å². The van der Waals surface area contributed by atoms with Crippen molar-refractivity contribution >= 4 is 23.4 Å². The minimum atomic E-state index is -0.833. The Balaban J connectivity index is 2.25. The average molecular weight is 279 g/mol. The van der Waals surface area contributed by atoms with Crippen molar-refractivity contribution in [1.82, 2.24) is 0 Å². The molecule has 1 atom stereocenters. The van der Waals surface area contributed by atoms with Crippen LogP contribution in [0.4, 0.5) is 5.69 Å². The highest BCUT2D eigenvalue weighted by Gasteiger charge is 2.20. The van der Waals surface area contributed by atoms with Crippen LogP contribution in [0.15, 0.2) is 18.2 Å². The number of thioether (sulfide) groups is 1. The number of hydrogen-bond acceptors (Lipinski definition) is 3. The van der Waals surface area contributed by atoms with Gasteiger partial charge in [-0.1, -0.05) is 6.07 Å². The molecule has 1 N–H and O–H groups in total. The number of aromatic carboxylic acids is 1. The van der Waals surface area contributed by atoms with E-state index in [-0.39, 0.29) is 0 Å². The van der Waals surface area contributed by atoms with Crippen LogP contribution < -0.4 is 4.90 Å². The van der Waals surface area contributed by atoms with E-state index in [9.17, 15) is 9.90 Å². The topological polar surface area (TPSA) is 40.5 Å². The summed E-state index contributed by atoms with van der Waals surface area (Å²) in [5, 5.41) is 10.0. The van der Waals surface area contributed by atoms with Crippen LogP contribution in [0, 0.1) is 6.92 Å². The van der Waals surface area contributed by atoms with Gasteiger partial charge in [0.25, 0.3) is 0 Å². The van der Waals surface area contributed by atoms with E-state index in [1.54, 1.807) is 6.07 Å². The third-order valence-corrected chi connectivity index (χ3v) is 4.87. The zero-order valence-corrected chi connectivity index (χ0v) is 12.4. The van der Waals surface area contributed by atoms with Gasteiger partial charge in [0.1, 0.15) is 0 Å². The van der Waals surface area contributed by atoms with Crippen molar-refractivity contribution in [3.63, 3.8) is 0 Å². The molecule has 0 spiro atoms. The summed E-state index contributed by atoms with van der Waals surface area (Å²) in [4.78, 5) is 13.6. The van der Waals surface area contributed by atoms with Crippen LogP contribution in [0.5, 0.6) is 0 Å². The Kier molecular flexibility index (Phi) is 4.75. The van der Waals surface area contributed by atoms with E-state index in [2.05, 4.69) is 11.2 Å². The molecule has 1 aliphatic heterocycles. The summed E-state index contributed by atoms with van der Waals surface area (Å²) in [5.74, 6) is -0.833. The first-order chi connectivity index (χ1) is 9.11. The fourth-order valence-electron chi connectivity index (χ4n) is 2.63. The Bertz CT molecular complexity index is 461.